The van der Waals surface area contributed by atoms with Crippen LogP contribution in [0.25, 0.3) is 0 Å². The molecule has 0 spiro atoms. The number of rotatable bonds is 7. The summed E-state index contributed by atoms with van der Waals surface area (Å²) < 4.78 is 5.39. The molecule has 0 radical (unpaired) electrons. The van der Waals surface area contributed by atoms with Crippen LogP contribution < -0.4 is 9.64 Å². The van der Waals surface area contributed by atoms with Gasteiger partial charge < -0.3 is 9.64 Å². The maximum Gasteiger partial charge on any atom is 0.229 e. The minimum Gasteiger partial charge on any atom is -0.497 e. The van der Waals surface area contributed by atoms with Gasteiger partial charge in [-0.1, -0.05) is 58.0 Å². The molecule has 0 unspecified atom stereocenters. The lowest BCUT2D eigenvalue weighted by atomic mass is 9.98. The summed E-state index contributed by atoms with van der Waals surface area (Å²) in [6.07, 6.45) is 1.97. The van der Waals surface area contributed by atoms with Gasteiger partial charge in [0.15, 0.2) is 0 Å². The molecule has 0 bridgehead atoms. The second-order valence-electron chi connectivity index (χ2n) is 8.97. The van der Waals surface area contributed by atoms with Gasteiger partial charge >= 0.3 is 0 Å². The number of piperidine rings is 1. The molecule has 3 rings (SSSR count). The lowest BCUT2D eigenvalue weighted by molar-refractivity contribution is -0.122. The number of carbonyl (C=O) groups excluding carboxylic acids is 1. The highest BCUT2D eigenvalue weighted by molar-refractivity contribution is 5.95. The highest BCUT2D eigenvalue weighted by atomic mass is 16.5. The Morgan fingerprint density at radius 2 is 1.73 bits per heavy atom. The molecule has 1 heterocycles. The van der Waals surface area contributed by atoms with Crippen LogP contribution >= 0.6 is 0 Å². The highest BCUT2D eigenvalue weighted by Crippen LogP contribution is 2.29. The van der Waals surface area contributed by atoms with Crippen molar-refractivity contribution >= 4 is 11.6 Å². The van der Waals surface area contributed by atoms with Gasteiger partial charge in [-0.2, -0.15) is 0 Å². The van der Waals surface area contributed by atoms with Crippen LogP contribution in [0.5, 0.6) is 5.75 Å². The van der Waals surface area contributed by atoms with Crippen molar-refractivity contribution in [2.75, 3.05) is 25.1 Å². The van der Waals surface area contributed by atoms with Gasteiger partial charge in [-0.25, -0.2) is 0 Å². The first-order valence-corrected chi connectivity index (χ1v) is 11.2. The zero-order valence-electron chi connectivity index (χ0n) is 19.1. The monoisotopic (exact) mass is 408 g/mol. The number of amides is 1. The third-order valence-corrected chi connectivity index (χ3v) is 6.04. The zero-order chi connectivity index (χ0) is 21.7. The Morgan fingerprint density at radius 1 is 1.07 bits per heavy atom. The van der Waals surface area contributed by atoms with Crippen LogP contribution in [0.3, 0.4) is 0 Å². The summed E-state index contributed by atoms with van der Waals surface area (Å²) in [5.41, 5.74) is 3.69. The molecule has 4 heteroatoms. The van der Waals surface area contributed by atoms with E-state index in [2.05, 4.69) is 43.0 Å². The third kappa shape index (κ3) is 5.42. The highest BCUT2D eigenvalue weighted by Gasteiger charge is 2.30. The van der Waals surface area contributed by atoms with E-state index in [1.54, 1.807) is 7.11 Å². The number of hydrogen-bond acceptors (Lipinski definition) is 3. The summed E-state index contributed by atoms with van der Waals surface area (Å²) in [5.74, 6) is 1.51. The van der Waals surface area contributed by atoms with Crippen molar-refractivity contribution in [3.05, 3.63) is 59.7 Å². The van der Waals surface area contributed by atoms with Crippen molar-refractivity contribution in [2.45, 2.75) is 59.0 Å². The largest absolute Gasteiger partial charge is 0.497 e. The molecule has 30 heavy (non-hydrogen) atoms. The first-order chi connectivity index (χ1) is 14.4. The topological polar surface area (TPSA) is 32.8 Å². The van der Waals surface area contributed by atoms with E-state index >= 15 is 0 Å². The number of benzene rings is 2. The van der Waals surface area contributed by atoms with E-state index < -0.39 is 0 Å². The van der Waals surface area contributed by atoms with Gasteiger partial charge in [-0.3, -0.25) is 9.69 Å². The summed E-state index contributed by atoms with van der Waals surface area (Å²) in [6, 6.07) is 17.1. The van der Waals surface area contributed by atoms with Crippen molar-refractivity contribution in [1.82, 2.24) is 4.90 Å². The van der Waals surface area contributed by atoms with E-state index in [0.29, 0.717) is 5.92 Å². The van der Waals surface area contributed by atoms with Crippen molar-refractivity contribution < 1.29 is 9.53 Å². The molecule has 1 saturated heterocycles. The Morgan fingerprint density at radius 3 is 2.30 bits per heavy atom. The van der Waals surface area contributed by atoms with Gasteiger partial charge in [0.2, 0.25) is 5.91 Å². The molecule has 0 atom stereocenters. The summed E-state index contributed by atoms with van der Waals surface area (Å²) in [6.45, 7) is 11.4. The predicted octanol–water partition coefficient (Wildman–Crippen LogP) is 5.47. The first kappa shape index (κ1) is 22.4. The number of methoxy groups -OCH3 is 1. The quantitative estimate of drug-likeness (QED) is 0.609. The number of anilines is 1. The third-order valence-electron chi connectivity index (χ3n) is 6.04. The van der Waals surface area contributed by atoms with Crippen LogP contribution in [0.1, 0.15) is 57.6 Å². The van der Waals surface area contributed by atoms with Gasteiger partial charge in [-0.05, 0) is 42.0 Å². The molecule has 1 amide bonds. The average Bonchev–Trinajstić information content (AvgIpc) is 2.75. The fourth-order valence-corrected chi connectivity index (χ4v) is 4.16. The van der Waals surface area contributed by atoms with E-state index in [9.17, 15) is 4.79 Å². The number of carbonyl (C=O) groups is 1. The Balaban J connectivity index is 1.67. The van der Waals surface area contributed by atoms with Crippen LogP contribution in [-0.2, 0) is 11.3 Å². The molecule has 2 aromatic rings. The molecule has 0 aromatic heterocycles. The molecule has 162 valence electrons. The Labute approximate surface area is 181 Å². The molecule has 0 N–H and O–H groups in total. The minimum absolute atomic E-state index is 0.0336. The summed E-state index contributed by atoms with van der Waals surface area (Å²) in [5, 5.41) is 0. The Hall–Kier alpha value is -2.33. The molecular weight excluding hydrogens is 372 g/mol. The smallest absolute Gasteiger partial charge is 0.229 e. The molecule has 0 aliphatic carbocycles. The Kier molecular flexibility index (Phi) is 7.54. The predicted molar refractivity (Wildman–Crippen MR) is 124 cm³/mol. The summed E-state index contributed by atoms with van der Waals surface area (Å²) >= 11 is 0. The van der Waals surface area contributed by atoms with Crippen molar-refractivity contribution in [3.8, 4) is 5.75 Å². The molecule has 4 nitrogen and oxygen atoms in total. The molecule has 1 aliphatic heterocycles. The van der Waals surface area contributed by atoms with Crippen LogP contribution in [-0.4, -0.2) is 37.0 Å². The first-order valence-electron chi connectivity index (χ1n) is 11.2. The SMILES string of the molecule is COc1cccc(N(C(=O)C(C)C)C2CCN(Cc3ccc(C(C)C)cc3)CC2)c1. The van der Waals surface area contributed by atoms with E-state index in [1.165, 1.54) is 11.1 Å². The van der Waals surface area contributed by atoms with E-state index in [-0.39, 0.29) is 17.9 Å². The van der Waals surface area contributed by atoms with Gasteiger partial charge in [0.25, 0.3) is 0 Å². The van der Waals surface area contributed by atoms with Crippen LogP contribution in [0.4, 0.5) is 5.69 Å². The van der Waals surface area contributed by atoms with Crippen LogP contribution in [0.2, 0.25) is 0 Å². The summed E-state index contributed by atoms with van der Waals surface area (Å²) in [4.78, 5) is 17.6. The van der Waals surface area contributed by atoms with Crippen molar-refractivity contribution in [2.24, 2.45) is 5.92 Å². The maximum absolute atomic E-state index is 13.1. The van der Waals surface area contributed by atoms with Crippen molar-refractivity contribution in [1.29, 1.82) is 0 Å². The van der Waals surface area contributed by atoms with Gasteiger partial charge in [0, 0.05) is 43.3 Å². The summed E-state index contributed by atoms with van der Waals surface area (Å²) in [7, 11) is 1.67. The maximum atomic E-state index is 13.1. The Bertz CT molecular complexity index is 821. The minimum atomic E-state index is -0.0336. The molecule has 1 fully saturated rings. The van der Waals surface area contributed by atoms with E-state index in [0.717, 1.165) is 43.9 Å². The van der Waals surface area contributed by atoms with Crippen LogP contribution in [0, 0.1) is 5.92 Å². The lowest BCUT2D eigenvalue weighted by Gasteiger charge is -2.39. The molecule has 2 aromatic carbocycles. The lowest BCUT2D eigenvalue weighted by Crippen LogP contribution is -2.48. The number of ether oxygens (including phenoxy) is 1. The number of likely N-dealkylation sites (tertiary alicyclic amines) is 1. The molecule has 1 aliphatic rings. The van der Waals surface area contributed by atoms with Gasteiger partial charge in [0.05, 0.1) is 7.11 Å². The molecule has 0 saturated carbocycles. The van der Waals surface area contributed by atoms with Crippen molar-refractivity contribution in [3.63, 3.8) is 0 Å². The standard InChI is InChI=1S/C26H36N2O2/c1-19(2)22-11-9-21(10-12-22)18-27-15-13-23(14-16-27)28(26(29)20(3)4)24-7-6-8-25(17-24)30-5/h6-12,17,19-20,23H,13-16,18H2,1-5H3. The van der Waals surface area contributed by atoms with E-state index in [1.807, 2.05) is 43.0 Å². The van der Waals surface area contributed by atoms with Gasteiger partial charge in [-0.15, -0.1) is 0 Å². The normalized spacial score (nSPS) is 15.6. The van der Waals surface area contributed by atoms with Gasteiger partial charge in [0.1, 0.15) is 5.75 Å². The molecular formula is C26H36N2O2. The fraction of sp³-hybridized carbons (Fsp3) is 0.500. The second kappa shape index (κ2) is 10.1. The average molecular weight is 409 g/mol. The fourth-order valence-electron chi connectivity index (χ4n) is 4.16. The number of hydrogen-bond donors (Lipinski definition) is 0. The second-order valence-corrected chi connectivity index (χ2v) is 8.97. The van der Waals surface area contributed by atoms with Crippen LogP contribution in [0.15, 0.2) is 48.5 Å². The zero-order valence-corrected chi connectivity index (χ0v) is 19.1. The number of nitrogens with zero attached hydrogens (tertiary/aromatic N) is 2. The van der Waals surface area contributed by atoms with E-state index in [4.69, 9.17) is 4.74 Å².